The monoisotopic (exact) mass is 461 g/mol. The van der Waals surface area contributed by atoms with Crippen LogP contribution < -0.4 is 21.9 Å². The molecule has 5 N–H and O–H groups in total. The van der Waals surface area contributed by atoms with Crippen LogP contribution in [0.25, 0.3) is 5.65 Å². The lowest BCUT2D eigenvalue weighted by Gasteiger charge is -2.41. The van der Waals surface area contributed by atoms with E-state index in [1.165, 1.54) is 11.8 Å². The Bertz CT molecular complexity index is 1190. The minimum absolute atomic E-state index is 0.00591. The Hall–Kier alpha value is -2.27. The molecular weight excluding hydrogens is 438 g/mol. The number of halogens is 1. The van der Waals surface area contributed by atoms with E-state index < -0.39 is 0 Å². The highest BCUT2D eigenvalue weighted by Gasteiger charge is 2.47. The van der Waals surface area contributed by atoms with Crippen LogP contribution in [0.15, 0.2) is 39.2 Å². The molecule has 2 aliphatic heterocycles. The van der Waals surface area contributed by atoms with Gasteiger partial charge in [-0.1, -0.05) is 23.4 Å². The van der Waals surface area contributed by atoms with E-state index in [4.69, 9.17) is 27.8 Å². The molecule has 9 nitrogen and oxygen atoms in total. The normalized spacial score (nSPS) is 23.1. The topological polar surface area (TPSA) is 128 Å². The Morgan fingerprint density at radius 1 is 1.39 bits per heavy atom. The molecule has 2 fully saturated rings. The second kappa shape index (κ2) is 7.70. The summed E-state index contributed by atoms with van der Waals surface area (Å²) in [6, 6.07) is 1.77. The highest BCUT2D eigenvalue weighted by Crippen LogP contribution is 2.42. The summed E-state index contributed by atoms with van der Waals surface area (Å²) < 4.78 is 7.73. The zero-order valence-electron chi connectivity index (χ0n) is 17.0. The van der Waals surface area contributed by atoms with E-state index in [1.807, 2.05) is 17.5 Å². The number of aromatic nitrogens is 4. The first-order chi connectivity index (χ1) is 14.9. The van der Waals surface area contributed by atoms with Gasteiger partial charge in [-0.15, -0.1) is 0 Å². The fourth-order valence-electron chi connectivity index (χ4n) is 4.54. The number of ether oxygens (including phenoxy) is 1. The van der Waals surface area contributed by atoms with Gasteiger partial charge in [-0.05, 0) is 25.8 Å². The third kappa shape index (κ3) is 3.38. The summed E-state index contributed by atoms with van der Waals surface area (Å²) in [7, 11) is 0. The van der Waals surface area contributed by atoms with Crippen molar-refractivity contribution in [1.82, 2.24) is 19.4 Å². The number of nitrogen functional groups attached to an aromatic ring is 1. The van der Waals surface area contributed by atoms with Gasteiger partial charge < -0.3 is 26.1 Å². The van der Waals surface area contributed by atoms with Gasteiger partial charge in [0.1, 0.15) is 16.4 Å². The first kappa shape index (κ1) is 20.6. The van der Waals surface area contributed by atoms with E-state index >= 15 is 0 Å². The molecule has 2 saturated heterocycles. The van der Waals surface area contributed by atoms with E-state index in [0.29, 0.717) is 33.0 Å². The molecule has 1 spiro atoms. The molecule has 3 aromatic heterocycles. The predicted molar refractivity (Wildman–Crippen MR) is 121 cm³/mol. The van der Waals surface area contributed by atoms with Gasteiger partial charge in [0.05, 0.1) is 17.7 Å². The van der Waals surface area contributed by atoms with Crippen molar-refractivity contribution < 1.29 is 4.74 Å². The molecule has 164 valence electrons. The summed E-state index contributed by atoms with van der Waals surface area (Å²) in [6.45, 7) is 4.27. The average Bonchev–Trinajstić information content (AvgIpc) is 3.35. The van der Waals surface area contributed by atoms with Crippen molar-refractivity contribution >= 4 is 40.8 Å². The number of piperidine rings is 1. The summed E-state index contributed by atoms with van der Waals surface area (Å²) in [5.74, 6) is 0.853. The number of H-pyrrole nitrogens is 1. The number of imidazole rings is 1. The third-order valence-corrected chi connectivity index (χ3v) is 8.13. The molecule has 31 heavy (non-hydrogen) atoms. The second-order valence-electron chi connectivity index (χ2n) is 8.23. The van der Waals surface area contributed by atoms with E-state index in [1.54, 1.807) is 18.5 Å². The van der Waals surface area contributed by atoms with Crippen LogP contribution in [0.5, 0.6) is 0 Å². The number of hydrogen-bond donors (Lipinski definition) is 3. The van der Waals surface area contributed by atoms with E-state index in [9.17, 15) is 4.79 Å². The fraction of sp³-hybridized carbons (Fsp3) is 0.450. The Kier molecular flexibility index (Phi) is 5.12. The van der Waals surface area contributed by atoms with Gasteiger partial charge in [0.15, 0.2) is 0 Å². The predicted octanol–water partition coefficient (Wildman–Crippen LogP) is 2.14. The van der Waals surface area contributed by atoms with Crippen molar-refractivity contribution in [2.24, 2.45) is 11.1 Å². The van der Waals surface area contributed by atoms with Crippen LogP contribution in [0, 0.1) is 5.41 Å². The molecule has 0 aliphatic carbocycles. The second-order valence-corrected chi connectivity index (χ2v) is 9.66. The van der Waals surface area contributed by atoms with Crippen LogP contribution in [0.4, 0.5) is 11.8 Å². The van der Waals surface area contributed by atoms with E-state index in [0.717, 1.165) is 25.9 Å². The van der Waals surface area contributed by atoms with Crippen LogP contribution in [-0.4, -0.2) is 51.2 Å². The van der Waals surface area contributed by atoms with E-state index in [2.05, 4.69) is 19.9 Å². The quantitative estimate of drug-likeness (QED) is 0.541. The summed E-state index contributed by atoms with van der Waals surface area (Å²) in [6.07, 6.45) is 7.12. The first-order valence-electron chi connectivity index (χ1n) is 10.2. The maximum atomic E-state index is 13.0. The van der Waals surface area contributed by atoms with Gasteiger partial charge >= 0.3 is 0 Å². The highest BCUT2D eigenvalue weighted by molar-refractivity contribution is 7.99. The fourth-order valence-corrected chi connectivity index (χ4v) is 5.70. The van der Waals surface area contributed by atoms with Crippen molar-refractivity contribution in [1.29, 1.82) is 0 Å². The van der Waals surface area contributed by atoms with Crippen LogP contribution in [0.3, 0.4) is 0 Å². The molecule has 1 unspecified atom stereocenters. The molecule has 5 rings (SSSR count). The minimum atomic E-state index is -0.316. The Balaban J connectivity index is 1.46. The lowest BCUT2D eigenvalue weighted by atomic mass is 9.73. The van der Waals surface area contributed by atoms with Gasteiger partial charge in [0.2, 0.25) is 5.95 Å². The van der Waals surface area contributed by atoms with Crippen LogP contribution in [-0.2, 0) is 4.74 Å². The van der Waals surface area contributed by atoms with Crippen LogP contribution in [0.1, 0.15) is 19.8 Å². The molecule has 11 heteroatoms. The first-order valence-corrected chi connectivity index (χ1v) is 11.4. The largest absolute Gasteiger partial charge is 0.382 e. The number of pyridine rings is 1. The Morgan fingerprint density at radius 2 is 2.16 bits per heavy atom. The van der Waals surface area contributed by atoms with E-state index in [-0.39, 0.29) is 28.9 Å². The number of fused-ring (bicyclic) bond motifs is 1. The number of anilines is 2. The van der Waals surface area contributed by atoms with Crippen molar-refractivity contribution in [3.05, 3.63) is 40.0 Å². The number of nitrogens with zero attached hydrogens (tertiary/aromatic N) is 4. The minimum Gasteiger partial charge on any atom is -0.382 e. The smallest absolute Gasteiger partial charge is 0.290 e. The summed E-state index contributed by atoms with van der Waals surface area (Å²) in [5.41, 5.74) is 12.6. The van der Waals surface area contributed by atoms with Gasteiger partial charge in [0.25, 0.3) is 5.56 Å². The zero-order valence-corrected chi connectivity index (χ0v) is 18.6. The van der Waals surface area contributed by atoms with Crippen molar-refractivity contribution in [3.8, 4) is 0 Å². The molecular formula is C20H24ClN7O2S. The molecule has 0 saturated carbocycles. The van der Waals surface area contributed by atoms with Crippen LogP contribution >= 0.6 is 23.4 Å². The maximum Gasteiger partial charge on any atom is 0.290 e. The number of nitrogens with two attached hydrogens (primary N) is 2. The lowest BCUT2D eigenvalue weighted by molar-refractivity contribution is 0.0973. The maximum absolute atomic E-state index is 13.0. The molecule has 2 atom stereocenters. The molecule has 3 aromatic rings. The third-order valence-electron chi connectivity index (χ3n) is 6.49. The zero-order chi connectivity index (χ0) is 21.8. The van der Waals surface area contributed by atoms with Crippen molar-refractivity contribution in [3.63, 3.8) is 0 Å². The SMILES string of the molecule is CC1OCC2(CCN(c3nc(=O)c(Sc4ccnc(N)c4Cl)c4[nH]ccn34)CC2)[C@@H]1N. The summed E-state index contributed by atoms with van der Waals surface area (Å²) in [4.78, 5) is 27.9. The van der Waals surface area contributed by atoms with Gasteiger partial charge in [-0.2, -0.15) is 4.98 Å². The summed E-state index contributed by atoms with van der Waals surface area (Å²) in [5, 5.41) is 0.325. The molecule has 0 radical (unpaired) electrons. The van der Waals surface area contributed by atoms with Gasteiger partial charge in [0, 0.05) is 48.0 Å². The Morgan fingerprint density at radius 3 is 2.87 bits per heavy atom. The van der Waals surface area contributed by atoms with Crippen molar-refractivity contribution in [2.45, 2.75) is 41.7 Å². The number of aromatic amines is 1. The number of nitrogens with one attached hydrogen (secondary N) is 1. The van der Waals surface area contributed by atoms with Gasteiger partial charge in [-0.3, -0.25) is 9.20 Å². The molecule has 0 amide bonds. The highest BCUT2D eigenvalue weighted by atomic mass is 35.5. The number of hydrogen-bond acceptors (Lipinski definition) is 8. The lowest BCUT2D eigenvalue weighted by Crippen LogP contribution is -2.51. The standard InChI is InChI=1S/C20H24ClN7O2S/c1-11-15(22)20(10-30-11)3-7-27(8-4-20)19-26-18(29)14(17-25-6-9-28(17)19)31-12-2-5-24-16(23)13(12)21/h2,5-6,9,11,15,25H,3-4,7-8,10,22H2,1H3,(H2,23,24)/t11?,15-/m1/s1. The Labute approximate surface area is 188 Å². The molecule has 0 aromatic carbocycles. The van der Waals surface area contributed by atoms with Gasteiger partial charge in [-0.25, -0.2) is 4.98 Å². The number of rotatable bonds is 3. The molecule has 2 aliphatic rings. The molecule has 0 bridgehead atoms. The summed E-state index contributed by atoms with van der Waals surface area (Å²) >= 11 is 7.51. The van der Waals surface area contributed by atoms with Crippen LogP contribution in [0.2, 0.25) is 5.02 Å². The van der Waals surface area contributed by atoms with Crippen molar-refractivity contribution in [2.75, 3.05) is 30.3 Å². The molecule has 5 heterocycles. The average molecular weight is 462 g/mol.